The van der Waals surface area contributed by atoms with E-state index in [0.29, 0.717) is 16.7 Å². The minimum atomic E-state index is 0.382. The first-order chi connectivity index (χ1) is 14.8. The van der Waals surface area contributed by atoms with Crippen molar-refractivity contribution >= 4 is 0 Å². The molecule has 0 nitrogen and oxygen atoms in total. The van der Waals surface area contributed by atoms with Gasteiger partial charge in [0.1, 0.15) is 0 Å². The highest BCUT2D eigenvalue weighted by Crippen LogP contribution is 2.62. The molecule has 4 saturated carbocycles. The summed E-state index contributed by atoms with van der Waals surface area (Å²) in [6.45, 7) is 31.2. The molecule has 0 radical (unpaired) electrons. The second kappa shape index (κ2) is 12.8. The van der Waals surface area contributed by atoms with Gasteiger partial charge in [-0.25, -0.2) is 0 Å². The van der Waals surface area contributed by atoms with E-state index in [1.165, 1.54) is 63.4 Å². The van der Waals surface area contributed by atoms with E-state index < -0.39 is 0 Å². The third-order valence-electron chi connectivity index (χ3n) is 9.20. The third-order valence-corrected chi connectivity index (χ3v) is 9.20. The number of hydrogen-bond acceptors (Lipinski definition) is 0. The van der Waals surface area contributed by atoms with Crippen LogP contribution < -0.4 is 0 Å². The lowest BCUT2D eigenvalue weighted by Crippen LogP contribution is -2.23. The van der Waals surface area contributed by atoms with Gasteiger partial charge in [-0.3, -0.25) is 0 Å². The van der Waals surface area contributed by atoms with E-state index in [1.54, 1.807) is 5.57 Å². The van der Waals surface area contributed by atoms with E-state index >= 15 is 0 Å². The smallest absolute Gasteiger partial charge is 0.0186 e. The summed E-state index contributed by atoms with van der Waals surface area (Å²) in [5.41, 5.74) is 3.95. The van der Waals surface area contributed by atoms with Crippen LogP contribution in [-0.2, 0) is 0 Å². The van der Waals surface area contributed by atoms with Gasteiger partial charge in [-0.15, -0.1) is 0 Å². The zero-order valence-corrected chi connectivity index (χ0v) is 23.9. The molecule has 0 aliphatic heterocycles. The Bertz CT molecular complexity index is 557. The highest BCUT2D eigenvalue weighted by Gasteiger charge is 2.51. The van der Waals surface area contributed by atoms with Gasteiger partial charge in [0.15, 0.2) is 0 Å². The van der Waals surface area contributed by atoms with Crippen molar-refractivity contribution in [3.63, 3.8) is 0 Å². The second-order valence-electron chi connectivity index (χ2n) is 13.2. The zero-order valence-electron chi connectivity index (χ0n) is 23.9. The highest BCUT2D eigenvalue weighted by molar-refractivity contribution is 5.10. The lowest BCUT2D eigenvalue weighted by Gasteiger charge is -2.33. The summed E-state index contributed by atoms with van der Waals surface area (Å²) in [4.78, 5) is 0. The molecule has 4 unspecified atom stereocenters. The summed E-state index contributed by atoms with van der Waals surface area (Å²) in [6, 6.07) is 0. The summed E-state index contributed by atoms with van der Waals surface area (Å²) in [5, 5.41) is 0. The molecule has 0 heteroatoms. The number of allylic oxidation sites excluding steroid dienone is 2. The fourth-order valence-corrected chi connectivity index (χ4v) is 6.69. The number of fused-ring (bicyclic) bond motifs is 1. The Hall–Kier alpha value is -0.520. The van der Waals surface area contributed by atoms with Crippen molar-refractivity contribution in [2.45, 2.75) is 133 Å². The summed E-state index contributed by atoms with van der Waals surface area (Å²) in [5.74, 6) is 5.56. The average molecular weight is 445 g/mol. The third kappa shape index (κ3) is 8.68. The van der Waals surface area contributed by atoms with Crippen LogP contribution in [0.2, 0.25) is 0 Å². The van der Waals surface area contributed by atoms with Gasteiger partial charge >= 0.3 is 0 Å². The van der Waals surface area contributed by atoms with Crippen LogP contribution in [0.5, 0.6) is 0 Å². The summed E-state index contributed by atoms with van der Waals surface area (Å²) < 4.78 is 0. The Morgan fingerprint density at radius 2 is 1.47 bits per heavy atom. The molecule has 0 heterocycles. The summed E-state index contributed by atoms with van der Waals surface area (Å²) in [6.07, 6.45) is 14.1. The largest absolute Gasteiger partial charge is 0.0998 e. The molecule has 4 fully saturated rings. The molecule has 0 amide bonds. The van der Waals surface area contributed by atoms with E-state index in [4.69, 9.17) is 0 Å². The maximum Gasteiger partial charge on any atom is -0.0186 e. The molecule has 0 N–H and O–H groups in total. The summed E-state index contributed by atoms with van der Waals surface area (Å²) >= 11 is 0. The predicted octanol–water partition coefficient (Wildman–Crippen LogP) is 10.9. The summed E-state index contributed by atoms with van der Waals surface area (Å²) in [7, 11) is 0. The molecule has 4 atom stereocenters. The maximum absolute atomic E-state index is 4.49. The first-order valence-electron chi connectivity index (χ1n) is 14.2. The molecule has 4 rings (SSSR count). The SMILES string of the molecule is C=C(CC)C(C)C(C)(C)C.C=C(CC1CC(C)CCC(C)C1)CC1(C)CC2CC1C2.CC. The van der Waals surface area contributed by atoms with E-state index in [1.807, 2.05) is 13.8 Å². The number of hydrogen-bond donors (Lipinski definition) is 0. The molecule has 0 aromatic heterocycles. The van der Waals surface area contributed by atoms with Gasteiger partial charge in [0.25, 0.3) is 0 Å². The Morgan fingerprint density at radius 1 is 0.969 bits per heavy atom. The lowest BCUT2D eigenvalue weighted by molar-refractivity contribution is 0.200. The van der Waals surface area contributed by atoms with Crippen LogP contribution in [-0.4, -0.2) is 0 Å². The number of rotatable bonds is 6. The van der Waals surface area contributed by atoms with E-state index in [-0.39, 0.29) is 0 Å². The minimum absolute atomic E-state index is 0.382. The van der Waals surface area contributed by atoms with Gasteiger partial charge < -0.3 is 0 Å². The molecule has 32 heavy (non-hydrogen) atoms. The lowest BCUT2D eigenvalue weighted by atomic mass is 9.72. The van der Waals surface area contributed by atoms with Gasteiger partial charge in [-0.1, -0.05) is 106 Å². The van der Waals surface area contributed by atoms with Crippen molar-refractivity contribution in [3.8, 4) is 0 Å². The van der Waals surface area contributed by atoms with Crippen LogP contribution in [0.1, 0.15) is 133 Å². The first kappa shape index (κ1) is 29.5. The van der Waals surface area contributed by atoms with Gasteiger partial charge in [-0.05, 0) is 97.7 Å². The fraction of sp³-hybridized carbons (Fsp3) is 0.875. The molecule has 4 aliphatic carbocycles. The maximum atomic E-state index is 4.49. The Morgan fingerprint density at radius 3 is 1.81 bits per heavy atom. The standard InChI is InChI=1S/C20H34.C10H20.C2H6/c1-14-5-6-15(2)8-17(7-14)9-16(3)12-20(4)13-18-10-19(20)11-18;1-7-8(2)9(3)10(4,5)6;1-2/h14-15,17-19H,3,5-13H2,1-2,4H3;9H,2,7H2,1,3-6H3;1-2H3. The average Bonchev–Trinajstić information content (AvgIpc) is 3.11. The van der Waals surface area contributed by atoms with E-state index in [0.717, 1.165) is 36.0 Å². The molecule has 188 valence electrons. The van der Waals surface area contributed by atoms with Gasteiger partial charge in [0.2, 0.25) is 0 Å². The van der Waals surface area contributed by atoms with Crippen molar-refractivity contribution in [1.82, 2.24) is 0 Å². The van der Waals surface area contributed by atoms with Crippen LogP contribution in [0.3, 0.4) is 0 Å². The molecule has 0 spiro atoms. The van der Waals surface area contributed by atoms with Crippen LogP contribution in [0.4, 0.5) is 0 Å². The fourth-order valence-electron chi connectivity index (χ4n) is 6.69. The first-order valence-corrected chi connectivity index (χ1v) is 14.2. The van der Waals surface area contributed by atoms with Crippen molar-refractivity contribution in [3.05, 3.63) is 24.3 Å². The minimum Gasteiger partial charge on any atom is -0.0998 e. The van der Waals surface area contributed by atoms with Gasteiger partial charge in [0, 0.05) is 0 Å². The Kier molecular flexibility index (Phi) is 11.8. The van der Waals surface area contributed by atoms with Crippen LogP contribution in [0.15, 0.2) is 24.3 Å². The Balaban J connectivity index is 0.000000364. The molecule has 4 aliphatic rings. The van der Waals surface area contributed by atoms with Crippen molar-refractivity contribution in [2.75, 3.05) is 0 Å². The Labute approximate surface area is 204 Å². The monoisotopic (exact) mass is 444 g/mol. The quantitative estimate of drug-likeness (QED) is 0.282. The molecule has 0 aromatic rings. The van der Waals surface area contributed by atoms with E-state index in [2.05, 4.69) is 68.5 Å². The van der Waals surface area contributed by atoms with Crippen LogP contribution >= 0.6 is 0 Å². The second-order valence-corrected chi connectivity index (χ2v) is 13.2. The van der Waals surface area contributed by atoms with Crippen LogP contribution in [0.25, 0.3) is 0 Å². The van der Waals surface area contributed by atoms with Crippen molar-refractivity contribution in [2.24, 2.45) is 46.3 Å². The van der Waals surface area contributed by atoms with Gasteiger partial charge in [0.05, 0.1) is 0 Å². The van der Waals surface area contributed by atoms with Gasteiger partial charge in [-0.2, -0.15) is 0 Å². The van der Waals surface area contributed by atoms with Crippen molar-refractivity contribution < 1.29 is 0 Å². The molecular weight excluding hydrogens is 384 g/mol. The van der Waals surface area contributed by atoms with Crippen LogP contribution in [0, 0.1) is 46.3 Å². The van der Waals surface area contributed by atoms with Crippen molar-refractivity contribution in [1.29, 1.82) is 0 Å². The molecule has 0 aromatic carbocycles. The van der Waals surface area contributed by atoms with E-state index in [9.17, 15) is 0 Å². The highest BCUT2D eigenvalue weighted by atomic mass is 14.6. The molecular formula is C32H60. The molecule has 2 bridgehead atoms. The topological polar surface area (TPSA) is 0 Å². The normalized spacial score (nSPS) is 34.6. The predicted molar refractivity (Wildman–Crippen MR) is 147 cm³/mol. The molecule has 0 saturated heterocycles. The zero-order chi connectivity index (χ0) is 24.7.